The smallest absolute Gasteiger partial charge is 0.175 e. The Kier molecular flexibility index (Phi) is 3.87. The average Bonchev–Trinajstić information content (AvgIpc) is 2.12. The van der Waals surface area contributed by atoms with Crippen LogP contribution in [0.5, 0.6) is 0 Å². The number of hydrogen-bond acceptors (Lipinski definition) is 2. The van der Waals surface area contributed by atoms with Crippen molar-refractivity contribution in [3.05, 3.63) is 34.1 Å². The number of nitrogens with two attached hydrogens (primary N) is 1. The summed E-state index contributed by atoms with van der Waals surface area (Å²) in [4.78, 5) is -1.38. The normalized spacial score (nSPS) is 29.7. The summed E-state index contributed by atoms with van der Waals surface area (Å²) in [6, 6.07) is 0. The highest BCUT2D eigenvalue weighted by molar-refractivity contribution is 6.36. The Bertz CT molecular complexity index is 354. The molecule has 1 atom stereocenters. The van der Waals surface area contributed by atoms with Crippen LogP contribution in [-0.4, -0.2) is 10.1 Å². The van der Waals surface area contributed by atoms with Crippen LogP contribution in [0, 0.1) is 0 Å². The van der Waals surface area contributed by atoms with Gasteiger partial charge in [-0.15, -0.1) is 0 Å². The van der Waals surface area contributed by atoms with Crippen molar-refractivity contribution in [3.8, 4) is 0 Å². The minimum absolute atomic E-state index is 0.0704. The van der Waals surface area contributed by atoms with Gasteiger partial charge in [-0.25, -0.2) is 0 Å². The summed E-state index contributed by atoms with van der Waals surface area (Å²) >= 11 is 12.1. The molecule has 0 aliphatic heterocycles. The van der Waals surface area contributed by atoms with E-state index in [2.05, 4.69) is 6.92 Å². The van der Waals surface area contributed by atoms with Crippen molar-refractivity contribution in [1.29, 1.82) is 0 Å². The number of alkyl halides is 1. The Morgan fingerprint density at radius 3 is 2.67 bits per heavy atom. The quantitative estimate of drug-likeness (QED) is 0.579. The maximum atomic E-state index is 9.61. The summed E-state index contributed by atoms with van der Waals surface area (Å²) in [5, 5.41) is 10.1. The molecule has 0 aromatic heterocycles. The van der Waals surface area contributed by atoms with Crippen LogP contribution in [0.3, 0.4) is 0 Å². The Balaban J connectivity index is 3.23. The monoisotopic (exact) mass is 247 g/mol. The van der Waals surface area contributed by atoms with Crippen LogP contribution in [0.15, 0.2) is 34.1 Å². The molecule has 0 aromatic carbocycles. The molecule has 1 aliphatic rings. The van der Waals surface area contributed by atoms with E-state index in [-0.39, 0.29) is 5.76 Å². The maximum Gasteiger partial charge on any atom is 0.175 e. The molecular weight excluding hydrogens is 233 g/mol. The topological polar surface area (TPSA) is 46.2 Å². The predicted octanol–water partition coefficient (Wildman–Crippen LogP) is 3.58. The standard InChI is InChI=1S/C11H15Cl2NO/c1-3-4-7(2)10-8(12)5-6-9(15)11(10,13)14/h5-6,15H,3-4,14H2,1-2H3. The molecule has 0 saturated heterocycles. The Morgan fingerprint density at radius 1 is 1.53 bits per heavy atom. The van der Waals surface area contributed by atoms with E-state index < -0.39 is 5.00 Å². The van der Waals surface area contributed by atoms with Gasteiger partial charge in [-0.05, 0) is 25.5 Å². The van der Waals surface area contributed by atoms with E-state index in [1.165, 1.54) is 6.08 Å². The van der Waals surface area contributed by atoms with Gasteiger partial charge in [0.25, 0.3) is 0 Å². The lowest BCUT2D eigenvalue weighted by Crippen LogP contribution is -2.40. The highest BCUT2D eigenvalue weighted by Gasteiger charge is 2.36. The molecule has 0 radical (unpaired) electrons. The highest BCUT2D eigenvalue weighted by atomic mass is 35.5. The second-order valence-electron chi connectivity index (χ2n) is 3.68. The van der Waals surface area contributed by atoms with Crippen molar-refractivity contribution in [1.82, 2.24) is 0 Å². The lowest BCUT2D eigenvalue weighted by atomic mass is 9.93. The third-order valence-corrected chi connectivity index (χ3v) is 3.11. The Labute approximate surface area is 100 Å². The summed E-state index contributed by atoms with van der Waals surface area (Å²) < 4.78 is 0. The van der Waals surface area contributed by atoms with Gasteiger partial charge >= 0.3 is 0 Å². The maximum absolute atomic E-state index is 9.61. The molecule has 0 amide bonds. The molecule has 0 heterocycles. The zero-order valence-electron chi connectivity index (χ0n) is 8.85. The number of halogens is 2. The third-order valence-electron chi connectivity index (χ3n) is 2.41. The molecule has 1 aliphatic carbocycles. The van der Waals surface area contributed by atoms with Gasteiger partial charge in [0.15, 0.2) is 5.00 Å². The zero-order chi connectivity index (χ0) is 11.6. The molecule has 0 saturated carbocycles. The van der Waals surface area contributed by atoms with Crippen LogP contribution in [0.1, 0.15) is 26.7 Å². The first kappa shape index (κ1) is 12.6. The molecule has 0 spiro atoms. The SMILES string of the molecule is CCCC(C)=C1C(Cl)=CC=C(O)C1(N)Cl. The van der Waals surface area contributed by atoms with Crippen LogP contribution in [0.4, 0.5) is 0 Å². The van der Waals surface area contributed by atoms with E-state index in [9.17, 15) is 5.11 Å². The predicted molar refractivity (Wildman–Crippen MR) is 65.0 cm³/mol. The van der Waals surface area contributed by atoms with E-state index >= 15 is 0 Å². The molecule has 0 bridgehead atoms. The van der Waals surface area contributed by atoms with Gasteiger partial charge in [-0.2, -0.15) is 0 Å². The van der Waals surface area contributed by atoms with E-state index in [0.29, 0.717) is 10.6 Å². The lowest BCUT2D eigenvalue weighted by Gasteiger charge is -2.29. The summed E-state index contributed by atoms with van der Waals surface area (Å²) in [5.74, 6) is -0.0704. The first-order valence-electron chi connectivity index (χ1n) is 4.86. The van der Waals surface area contributed by atoms with Crippen molar-refractivity contribution >= 4 is 23.2 Å². The molecule has 2 nitrogen and oxygen atoms in total. The largest absolute Gasteiger partial charge is 0.509 e. The van der Waals surface area contributed by atoms with Crippen LogP contribution in [0.2, 0.25) is 0 Å². The first-order chi connectivity index (χ1) is 6.91. The van der Waals surface area contributed by atoms with Gasteiger partial charge in [0.05, 0.1) is 0 Å². The fourth-order valence-electron chi connectivity index (χ4n) is 1.67. The van der Waals surface area contributed by atoms with Gasteiger partial charge in [-0.1, -0.05) is 42.1 Å². The van der Waals surface area contributed by atoms with Gasteiger partial charge in [0.1, 0.15) is 5.76 Å². The lowest BCUT2D eigenvalue weighted by molar-refractivity contribution is 0.363. The summed E-state index contributed by atoms with van der Waals surface area (Å²) in [6.45, 7) is 3.99. The van der Waals surface area contributed by atoms with Crippen molar-refractivity contribution < 1.29 is 5.11 Å². The van der Waals surface area contributed by atoms with Crippen LogP contribution < -0.4 is 5.73 Å². The number of allylic oxidation sites excluding steroid dienone is 3. The molecule has 3 N–H and O–H groups in total. The minimum atomic E-state index is -1.38. The average molecular weight is 248 g/mol. The molecule has 0 aromatic rings. The van der Waals surface area contributed by atoms with Gasteiger partial charge < -0.3 is 10.8 Å². The fraction of sp³-hybridized carbons (Fsp3) is 0.455. The van der Waals surface area contributed by atoms with Crippen molar-refractivity contribution in [2.75, 3.05) is 0 Å². The van der Waals surface area contributed by atoms with E-state index in [1.54, 1.807) is 6.08 Å². The first-order valence-corrected chi connectivity index (χ1v) is 5.62. The molecule has 1 rings (SSSR count). The highest BCUT2D eigenvalue weighted by Crippen LogP contribution is 2.39. The van der Waals surface area contributed by atoms with E-state index in [4.69, 9.17) is 28.9 Å². The molecule has 1 unspecified atom stereocenters. The number of hydrogen-bond donors (Lipinski definition) is 2. The molecule has 84 valence electrons. The van der Waals surface area contributed by atoms with Crippen molar-refractivity contribution in [2.24, 2.45) is 5.73 Å². The van der Waals surface area contributed by atoms with Crippen molar-refractivity contribution in [2.45, 2.75) is 31.7 Å². The number of aliphatic hydroxyl groups is 1. The van der Waals surface area contributed by atoms with Crippen LogP contribution >= 0.6 is 23.2 Å². The minimum Gasteiger partial charge on any atom is -0.509 e. The van der Waals surface area contributed by atoms with Gasteiger partial charge in [0.2, 0.25) is 0 Å². The molecule has 15 heavy (non-hydrogen) atoms. The molecule has 0 fully saturated rings. The van der Waals surface area contributed by atoms with Crippen molar-refractivity contribution in [3.63, 3.8) is 0 Å². The van der Waals surface area contributed by atoms with E-state index in [0.717, 1.165) is 18.4 Å². The Hall–Kier alpha value is -0.440. The third kappa shape index (κ3) is 2.39. The van der Waals surface area contributed by atoms with Crippen LogP contribution in [0.25, 0.3) is 0 Å². The van der Waals surface area contributed by atoms with Crippen LogP contribution in [-0.2, 0) is 0 Å². The fourth-order valence-corrected chi connectivity index (χ4v) is 2.42. The molecule has 4 heteroatoms. The second-order valence-corrected chi connectivity index (χ2v) is 4.69. The summed E-state index contributed by atoms with van der Waals surface area (Å²) in [6.07, 6.45) is 4.88. The summed E-state index contributed by atoms with van der Waals surface area (Å²) in [7, 11) is 0. The second kappa shape index (κ2) is 4.60. The number of aliphatic hydroxyl groups excluding tert-OH is 1. The van der Waals surface area contributed by atoms with E-state index in [1.807, 2.05) is 6.92 Å². The van der Waals surface area contributed by atoms with Gasteiger partial charge in [-0.3, -0.25) is 0 Å². The summed E-state index contributed by atoms with van der Waals surface area (Å²) in [5.41, 5.74) is 7.48. The Morgan fingerprint density at radius 2 is 2.13 bits per heavy atom. The molecular formula is C11H15Cl2NO. The van der Waals surface area contributed by atoms with Gasteiger partial charge in [0, 0.05) is 10.6 Å². The zero-order valence-corrected chi connectivity index (χ0v) is 10.4. The number of rotatable bonds is 2.